The Balaban J connectivity index is 0.00000145. The van der Waals surface area contributed by atoms with Crippen molar-refractivity contribution < 1.29 is 17.4 Å². The Bertz CT molecular complexity index is 1920. The molecule has 202 valence electrons. The number of nitrogens with zero attached hydrogens (tertiary/aromatic N) is 2. The van der Waals surface area contributed by atoms with Crippen LogP contribution in [0.2, 0.25) is 9.26 Å². The van der Waals surface area contributed by atoms with Crippen LogP contribution in [0.3, 0.4) is 0 Å². The molecule has 0 radical (unpaired) electrons. The van der Waals surface area contributed by atoms with Crippen LogP contribution in [0, 0.1) is 0 Å². The Morgan fingerprint density at radius 1 is 0.550 bits per heavy atom. The number of fused-ring (bicyclic) bond motifs is 10. The molecule has 0 saturated carbocycles. The van der Waals surface area contributed by atoms with E-state index in [2.05, 4.69) is 136 Å². The number of para-hydroxylation sites is 2. The van der Waals surface area contributed by atoms with Crippen LogP contribution in [0.1, 0.15) is 29.8 Å². The van der Waals surface area contributed by atoms with Crippen LogP contribution in [0.15, 0.2) is 97.1 Å². The first-order valence-electron chi connectivity index (χ1n) is 13.7. The molecule has 0 spiro atoms. The number of benzene rings is 4. The van der Waals surface area contributed by atoms with Crippen molar-refractivity contribution in [2.75, 3.05) is 0 Å². The summed E-state index contributed by atoms with van der Waals surface area (Å²) in [6, 6.07) is 36.6. The molecule has 2 aliphatic carbocycles. The van der Waals surface area contributed by atoms with Crippen molar-refractivity contribution in [2.24, 2.45) is 14.1 Å². The van der Waals surface area contributed by atoms with E-state index in [1.165, 1.54) is 44.1 Å². The number of aromatic nitrogens is 2. The van der Waals surface area contributed by atoms with E-state index in [0.717, 1.165) is 0 Å². The third-order valence-electron chi connectivity index (χ3n) is 9.83. The Labute approximate surface area is 250 Å². The monoisotopic (exact) mass is 658 g/mol. The van der Waals surface area contributed by atoms with E-state index in [-0.39, 0.29) is 24.8 Å². The van der Waals surface area contributed by atoms with E-state index in [1.54, 1.807) is 22.5 Å². The average Bonchev–Trinajstić information content (AvgIpc) is 3.62. The van der Waals surface area contributed by atoms with E-state index in [9.17, 15) is 0 Å². The van der Waals surface area contributed by atoms with Gasteiger partial charge in [-0.05, 0) is 0 Å². The summed E-state index contributed by atoms with van der Waals surface area (Å²) in [4.78, 5) is 0. The van der Waals surface area contributed by atoms with Gasteiger partial charge >= 0.3 is 228 Å². The Morgan fingerprint density at radius 3 is 1.32 bits per heavy atom. The Kier molecular flexibility index (Phi) is 6.30. The average molecular weight is 661 g/mol. The van der Waals surface area contributed by atoms with Crippen molar-refractivity contribution >= 4 is 53.5 Å². The summed E-state index contributed by atoms with van der Waals surface area (Å²) in [5.74, 6) is 0. The molecular formula is C34H34Cl2N2SiZr. The molecule has 0 N–H and O–H groups in total. The normalized spacial score (nSPS) is 17.1. The van der Waals surface area contributed by atoms with Crippen LogP contribution >= 0.6 is 24.8 Å². The first-order chi connectivity index (χ1) is 18.3. The van der Waals surface area contributed by atoms with Crippen molar-refractivity contribution in [2.45, 2.75) is 16.5 Å². The second-order valence-electron chi connectivity index (χ2n) is 12.7. The maximum atomic E-state index is 2.75. The Hall–Kier alpha value is -2.36. The van der Waals surface area contributed by atoms with Gasteiger partial charge < -0.3 is 0 Å². The molecule has 0 aliphatic heterocycles. The molecule has 8 rings (SSSR count). The van der Waals surface area contributed by atoms with Crippen molar-refractivity contribution in [1.29, 1.82) is 0 Å². The summed E-state index contributed by atoms with van der Waals surface area (Å²) in [7, 11) is 4.61. The van der Waals surface area contributed by atoms with Gasteiger partial charge in [0, 0.05) is 0 Å². The SMILES string of the molecule is Cl.Cl.Cn1c2c(c3ccccc31)-c1ccccc1[CH]2[Zr]([CH3])([CH3])(=[SiH2])[CH]1c2ccccc2-c2c1n(C)c1ccccc21. The van der Waals surface area contributed by atoms with Crippen molar-refractivity contribution in [3.63, 3.8) is 0 Å². The molecule has 4 aromatic carbocycles. The topological polar surface area (TPSA) is 9.86 Å². The van der Waals surface area contributed by atoms with Gasteiger partial charge in [0.2, 0.25) is 0 Å². The van der Waals surface area contributed by atoms with Gasteiger partial charge in [0.15, 0.2) is 0 Å². The van der Waals surface area contributed by atoms with Gasteiger partial charge in [0.25, 0.3) is 0 Å². The molecule has 2 unspecified atom stereocenters. The maximum absolute atomic E-state index is 3.78. The van der Waals surface area contributed by atoms with Crippen LogP contribution in [-0.4, -0.2) is 16.0 Å². The number of hydrogen-bond donors (Lipinski definition) is 0. The molecule has 2 heterocycles. The summed E-state index contributed by atoms with van der Waals surface area (Å²) in [6.45, 7) is 2.44. The summed E-state index contributed by atoms with van der Waals surface area (Å²) >= 11 is -3.78. The summed E-state index contributed by atoms with van der Waals surface area (Å²) in [5, 5.41) is 2.79. The molecule has 6 aromatic rings. The van der Waals surface area contributed by atoms with Crippen molar-refractivity contribution in [3.8, 4) is 22.3 Å². The fourth-order valence-electron chi connectivity index (χ4n) is 8.40. The van der Waals surface area contributed by atoms with Crippen molar-refractivity contribution in [1.82, 2.24) is 9.13 Å². The van der Waals surface area contributed by atoms with E-state index in [0.29, 0.717) is 7.25 Å². The predicted molar refractivity (Wildman–Crippen MR) is 175 cm³/mol. The van der Waals surface area contributed by atoms with E-state index in [1.807, 2.05) is 0 Å². The second kappa shape index (κ2) is 9.07. The van der Waals surface area contributed by atoms with Gasteiger partial charge in [-0.15, -0.1) is 24.8 Å². The molecule has 0 fully saturated rings. The predicted octanol–water partition coefficient (Wildman–Crippen LogP) is 8.69. The van der Waals surface area contributed by atoms with Gasteiger partial charge in [-0.1, -0.05) is 0 Å². The number of hydrogen-bond acceptors (Lipinski definition) is 0. The molecule has 40 heavy (non-hydrogen) atoms. The van der Waals surface area contributed by atoms with E-state index >= 15 is 0 Å². The molecule has 2 aromatic heterocycles. The zero-order chi connectivity index (χ0) is 26.0. The first kappa shape index (κ1) is 27.8. The van der Waals surface area contributed by atoms with E-state index in [4.69, 9.17) is 0 Å². The van der Waals surface area contributed by atoms with Gasteiger partial charge in [-0.25, -0.2) is 0 Å². The van der Waals surface area contributed by atoms with Crippen molar-refractivity contribution in [3.05, 3.63) is 120 Å². The number of rotatable bonds is 2. The van der Waals surface area contributed by atoms with Crippen LogP contribution in [0.5, 0.6) is 0 Å². The molecule has 6 heteroatoms. The number of halogens is 2. The minimum atomic E-state index is -3.78. The third kappa shape index (κ3) is 3.31. The molecule has 0 bridgehead atoms. The van der Waals surface area contributed by atoms with Crippen LogP contribution in [0.4, 0.5) is 0 Å². The zero-order valence-electron chi connectivity index (χ0n) is 23.3. The van der Waals surface area contributed by atoms with Crippen LogP contribution < -0.4 is 0 Å². The van der Waals surface area contributed by atoms with E-state index < -0.39 is 17.4 Å². The minimum absolute atomic E-state index is 0. The number of aryl methyl sites for hydroxylation is 2. The fraction of sp³-hybridized carbons (Fsp3) is 0.176. The van der Waals surface area contributed by atoms with Crippen LogP contribution in [0.25, 0.3) is 44.1 Å². The summed E-state index contributed by atoms with van der Waals surface area (Å²) in [5.41, 5.74) is 14.7. The van der Waals surface area contributed by atoms with Gasteiger partial charge in [-0.3, -0.25) is 0 Å². The Morgan fingerprint density at radius 2 is 0.900 bits per heavy atom. The molecule has 2 atom stereocenters. The first-order valence-corrected chi connectivity index (χ1v) is 27.4. The molecule has 2 nitrogen and oxygen atoms in total. The molecular weight excluding hydrogens is 627 g/mol. The second-order valence-corrected chi connectivity index (χ2v) is 43.1. The molecule has 0 amide bonds. The van der Waals surface area contributed by atoms with Crippen LogP contribution in [-0.2, 0) is 31.5 Å². The molecule has 2 aliphatic rings. The van der Waals surface area contributed by atoms with Gasteiger partial charge in [-0.2, -0.15) is 0 Å². The summed E-state index contributed by atoms with van der Waals surface area (Å²) < 4.78 is 11.5. The summed E-state index contributed by atoms with van der Waals surface area (Å²) in [6.07, 6.45) is 0. The standard InChI is InChI=1S/2C16H12N.2CH3.2ClH.H2Si.Zr/c2*1-17-14-9-5-4-8-13(14)16-12-7-3-2-6-11(12)10-15(16)17;;;;;;/h2*2-10H,1H3;2*1H3;2*1H;1H2;. The fourth-order valence-corrected chi connectivity index (χ4v) is 26.4. The van der Waals surface area contributed by atoms with Gasteiger partial charge in [0.05, 0.1) is 0 Å². The molecule has 0 saturated heterocycles. The quantitative estimate of drug-likeness (QED) is 0.165. The third-order valence-corrected chi connectivity index (χ3v) is 26.9. The zero-order valence-corrected chi connectivity index (χ0v) is 28.8. The van der Waals surface area contributed by atoms with Gasteiger partial charge in [0.1, 0.15) is 0 Å².